The minimum Gasteiger partial charge on any atom is -0.207 e. The topological polar surface area (TPSA) is 0 Å². The molecule has 7 aliphatic carbocycles. The van der Waals surface area contributed by atoms with Crippen molar-refractivity contribution < 1.29 is 17.6 Å². The van der Waals surface area contributed by atoms with Crippen LogP contribution in [0.15, 0.2) is 97.1 Å². The molecule has 0 aromatic heterocycles. The molecule has 7 saturated carbocycles. The number of benzene rings is 4. The van der Waals surface area contributed by atoms with Gasteiger partial charge in [0.1, 0.15) is 23.3 Å². The van der Waals surface area contributed by atoms with Crippen LogP contribution in [0.5, 0.6) is 0 Å². The van der Waals surface area contributed by atoms with Crippen LogP contribution in [0.4, 0.5) is 17.6 Å². The van der Waals surface area contributed by atoms with E-state index < -0.39 is 0 Å². The Bertz CT molecular complexity index is 1820. The van der Waals surface area contributed by atoms with Gasteiger partial charge >= 0.3 is 0 Å². The summed E-state index contributed by atoms with van der Waals surface area (Å²) in [5.74, 6) is 6.88. The quantitative estimate of drug-likeness (QED) is 0.184. The van der Waals surface area contributed by atoms with Gasteiger partial charge in [0.25, 0.3) is 0 Å². The van der Waals surface area contributed by atoms with Gasteiger partial charge < -0.3 is 0 Å². The van der Waals surface area contributed by atoms with Crippen LogP contribution in [0, 0.1) is 94.3 Å². The Kier molecular flexibility index (Phi) is 8.22. The first-order valence-corrected chi connectivity index (χ1v) is 21.5. The molecule has 11 rings (SSSR count). The Hall–Kier alpha value is -3.40. The summed E-state index contributed by atoms with van der Waals surface area (Å²) in [4.78, 5) is 0. The number of rotatable bonds is 4. The molecule has 54 heavy (non-hydrogen) atoms. The lowest BCUT2D eigenvalue weighted by molar-refractivity contribution is -0.124. The van der Waals surface area contributed by atoms with E-state index in [9.17, 15) is 17.6 Å². The first kappa shape index (κ1) is 33.9. The summed E-state index contributed by atoms with van der Waals surface area (Å²) >= 11 is 0. The van der Waals surface area contributed by atoms with Gasteiger partial charge in [0.15, 0.2) is 0 Å². The second-order valence-corrected chi connectivity index (χ2v) is 19.0. The minimum atomic E-state index is -0.190. The zero-order valence-electron chi connectivity index (χ0n) is 31.1. The van der Waals surface area contributed by atoms with Gasteiger partial charge in [-0.3, -0.25) is 0 Å². The molecule has 4 aromatic carbocycles. The van der Waals surface area contributed by atoms with Gasteiger partial charge in [-0.2, -0.15) is 0 Å². The van der Waals surface area contributed by atoms with Crippen molar-refractivity contribution in [2.75, 3.05) is 0 Å². The average Bonchev–Trinajstić information content (AvgIpc) is 3.74. The van der Waals surface area contributed by atoms with Crippen LogP contribution in [0.3, 0.4) is 0 Å². The Balaban J connectivity index is 1.16. The van der Waals surface area contributed by atoms with Crippen LogP contribution >= 0.6 is 0 Å². The van der Waals surface area contributed by atoms with E-state index in [2.05, 4.69) is 48.5 Å². The third kappa shape index (κ3) is 5.12. The number of hydrogen-bond donors (Lipinski definition) is 0. The SMILES string of the molecule is Fc1ccc(C2C(c3ccc(F)cc3)C3C4CC5CCCCC5C5C(c6ccc(F)cc6)C(c6ccc(F)cc6)C(C6CC7CCCCC7C2C63)C45)cc1. The van der Waals surface area contributed by atoms with Crippen molar-refractivity contribution in [2.24, 2.45) is 71.0 Å². The maximum absolute atomic E-state index is 14.7. The van der Waals surface area contributed by atoms with E-state index in [-0.39, 0.29) is 46.9 Å². The second kappa shape index (κ2) is 13.1. The highest BCUT2D eigenvalue weighted by Crippen LogP contribution is 2.79. The molecule has 0 spiro atoms. The molecular weight excluding hydrogens is 677 g/mol. The van der Waals surface area contributed by atoms with E-state index in [0.717, 1.165) is 0 Å². The largest absolute Gasteiger partial charge is 0.207 e. The van der Waals surface area contributed by atoms with Crippen molar-refractivity contribution in [2.45, 2.75) is 87.9 Å². The van der Waals surface area contributed by atoms with Crippen LogP contribution in [0.25, 0.3) is 0 Å². The highest BCUT2D eigenvalue weighted by molar-refractivity contribution is 5.41. The van der Waals surface area contributed by atoms with E-state index in [0.29, 0.717) is 71.0 Å². The third-order valence-corrected chi connectivity index (χ3v) is 17.3. The van der Waals surface area contributed by atoms with Gasteiger partial charge in [0.05, 0.1) is 0 Å². The molecule has 0 saturated heterocycles. The summed E-state index contributed by atoms with van der Waals surface area (Å²) in [7, 11) is 0. The lowest BCUT2D eigenvalue weighted by atomic mass is 9.43. The second-order valence-electron chi connectivity index (χ2n) is 19.0. The Morgan fingerprint density at radius 2 is 0.556 bits per heavy atom. The molecule has 4 aromatic rings. The molecule has 0 radical (unpaired) electrons. The summed E-state index contributed by atoms with van der Waals surface area (Å²) < 4.78 is 58.8. The molecule has 16 atom stereocenters. The smallest absolute Gasteiger partial charge is 0.123 e. The van der Waals surface area contributed by atoms with Crippen LogP contribution < -0.4 is 0 Å². The lowest BCUT2D eigenvalue weighted by Crippen LogP contribution is -2.55. The van der Waals surface area contributed by atoms with Crippen molar-refractivity contribution in [3.05, 3.63) is 143 Å². The van der Waals surface area contributed by atoms with E-state index >= 15 is 0 Å². The van der Waals surface area contributed by atoms with E-state index in [1.54, 1.807) is 48.5 Å². The van der Waals surface area contributed by atoms with Crippen LogP contribution in [0.1, 0.15) is 110 Å². The lowest BCUT2D eigenvalue weighted by Gasteiger charge is -2.61. The summed E-state index contributed by atoms with van der Waals surface area (Å²) in [5.41, 5.74) is 5.06. The summed E-state index contributed by atoms with van der Waals surface area (Å²) in [6.45, 7) is 0. The fourth-order valence-electron chi connectivity index (χ4n) is 16.1. The van der Waals surface area contributed by atoms with Crippen LogP contribution in [0.2, 0.25) is 0 Å². The van der Waals surface area contributed by atoms with Crippen molar-refractivity contribution >= 4 is 0 Å². The Morgan fingerprint density at radius 3 is 0.852 bits per heavy atom. The van der Waals surface area contributed by atoms with Gasteiger partial charge in [-0.05, 0) is 191 Å². The number of fused-ring (bicyclic) bond motifs is 6. The van der Waals surface area contributed by atoms with E-state index in [1.165, 1.54) is 86.5 Å². The molecule has 0 bridgehead atoms. The zero-order chi connectivity index (χ0) is 36.2. The van der Waals surface area contributed by atoms with Crippen molar-refractivity contribution in [1.29, 1.82) is 0 Å². The third-order valence-electron chi connectivity index (χ3n) is 17.3. The summed E-state index contributed by atoms with van der Waals surface area (Å²) in [6.07, 6.45) is 12.8. The normalized spacial score (nSPS) is 41.7. The van der Waals surface area contributed by atoms with Gasteiger partial charge in [-0.15, -0.1) is 0 Å². The molecule has 280 valence electrons. The van der Waals surface area contributed by atoms with Crippen molar-refractivity contribution in [1.82, 2.24) is 0 Å². The first-order valence-electron chi connectivity index (χ1n) is 21.5. The summed E-state index contributed by atoms with van der Waals surface area (Å²) in [5, 5.41) is 0. The zero-order valence-corrected chi connectivity index (χ0v) is 31.1. The molecule has 4 heteroatoms. The molecule has 16 unspecified atom stereocenters. The molecule has 7 fully saturated rings. The molecule has 7 aliphatic rings. The Morgan fingerprint density at radius 1 is 0.296 bits per heavy atom. The van der Waals surface area contributed by atoms with Gasteiger partial charge in [-0.25, -0.2) is 17.6 Å². The maximum Gasteiger partial charge on any atom is 0.123 e. The van der Waals surface area contributed by atoms with Crippen molar-refractivity contribution in [3.63, 3.8) is 0 Å². The molecule has 0 nitrogen and oxygen atoms in total. The first-order chi connectivity index (χ1) is 26.4. The minimum absolute atomic E-state index is 0.188. The molecular formula is C50H52F4. The number of hydrogen-bond acceptors (Lipinski definition) is 0. The molecule has 0 aliphatic heterocycles. The predicted octanol–water partition coefficient (Wildman–Crippen LogP) is 13.1. The molecule has 0 N–H and O–H groups in total. The average molecular weight is 729 g/mol. The van der Waals surface area contributed by atoms with Crippen LogP contribution in [-0.4, -0.2) is 0 Å². The maximum atomic E-state index is 14.7. The highest BCUT2D eigenvalue weighted by Gasteiger charge is 2.72. The monoisotopic (exact) mass is 728 g/mol. The Labute approximate surface area is 318 Å². The standard InChI is InChI=1S/C50H52F4/c51-33-17-9-27(10-18-33)41-43(29-13-21-35(53)22-14-29)48-40-26-32-6-2-4-8-38(32)46-42(28-11-19-34(52)20-12-28)44(30-15-23-36(54)24-16-30)47(50(40)46)39-25-31-5-1-3-7-37(31)45(41)49(39)48/h9-24,31-32,37-50H,1-8,25-26H2. The van der Waals surface area contributed by atoms with Gasteiger partial charge in [0.2, 0.25) is 0 Å². The fourth-order valence-corrected chi connectivity index (χ4v) is 16.1. The van der Waals surface area contributed by atoms with E-state index in [1.807, 2.05) is 0 Å². The van der Waals surface area contributed by atoms with Gasteiger partial charge in [-0.1, -0.05) is 87.1 Å². The summed E-state index contributed by atoms with van der Waals surface area (Å²) in [6, 6.07) is 30.1. The highest BCUT2D eigenvalue weighted by atomic mass is 19.1. The van der Waals surface area contributed by atoms with E-state index in [4.69, 9.17) is 0 Å². The van der Waals surface area contributed by atoms with Gasteiger partial charge in [0, 0.05) is 0 Å². The molecule has 0 heterocycles. The molecule has 0 amide bonds. The fraction of sp³-hybridized carbons (Fsp3) is 0.520. The van der Waals surface area contributed by atoms with Crippen molar-refractivity contribution in [3.8, 4) is 0 Å². The van der Waals surface area contributed by atoms with Crippen LogP contribution in [-0.2, 0) is 0 Å². The number of halogens is 4. The predicted molar refractivity (Wildman–Crippen MR) is 205 cm³/mol.